The molecule has 2 saturated heterocycles. The quantitative estimate of drug-likeness (QED) is 0.868. The van der Waals surface area contributed by atoms with Crippen molar-refractivity contribution in [1.82, 2.24) is 4.90 Å². The highest BCUT2D eigenvalue weighted by atomic mass is 16.5. The zero-order valence-electron chi connectivity index (χ0n) is 13.9. The van der Waals surface area contributed by atoms with Crippen molar-refractivity contribution >= 4 is 11.6 Å². The van der Waals surface area contributed by atoms with Crippen molar-refractivity contribution in [2.24, 2.45) is 11.8 Å². The summed E-state index contributed by atoms with van der Waals surface area (Å²) in [6.07, 6.45) is 0. The van der Waals surface area contributed by atoms with Gasteiger partial charge in [0.1, 0.15) is 5.75 Å². The minimum absolute atomic E-state index is 0.142. The topological polar surface area (TPSA) is 32.8 Å². The SMILES string of the molecule is COc1ccc(CN2C[C@@H]3CN(c4ccccc4)C(=O)[C@@H]3C2)cc1. The Morgan fingerprint density at radius 3 is 2.42 bits per heavy atom. The molecule has 2 aliphatic rings. The number of para-hydroxylation sites is 1. The second kappa shape index (κ2) is 6.29. The second-order valence-electron chi connectivity index (χ2n) is 6.69. The normalized spacial score (nSPS) is 23.5. The molecule has 0 aliphatic carbocycles. The first kappa shape index (κ1) is 15.2. The zero-order chi connectivity index (χ0) is 16.5. The van der Waals surface area contributed by atoms with E-state index < -0.39 is 0 Å². The van der Waals surface area contributed by atoms with E-state index in [1.54, 1.807) is 7.11 Å². The fraction of sp³-hybridized carbons (Fsp3) is 0.350. The monoisotopic (exact) mass is 322 g/mol. The van der Waals surface area contributed by atoms with Crippen molar-refractivity contribution in [1.29, 1.82) is 0 Å². The highest BCUT2D eigenvalue weighted by Crippen LogP contribution is 2.35. The summed E-state index contributed by atoms with van der Waals surface area (Å²) in [6.45, 7) is 3.59. The number of amides is 1. The van der Waals surface area contributed by atoms with Crippen LogP contribution in [0.1, 0.15) is 5.56 Å². The van der Waals surface area contributed by atoms with E-state index in [1.165, 1.54) is 5.56 Å². The summed E-state index contributed by atoms with van der Waals surface area (Å²) in [6, 6.07) is 18.2. The largest absolute Gasteiger partial charge is 0.497 e. The maximum absolute atomic E-state index is 12.8. The molecule has 0 N–H and O–H groups in total. The number of likely N-dealkylation sites (tertiary alicyclic amines) is 1. The molecule has 0 spiro atoms. The van der Waals surface area contributed by atoms with Gasteiger partial charge in [-0.15, -0.1) is 0 Å². The van der Waals surface area contributed by atoms with E-state index in [2.05, 4.69) is 17.0 Å². The third-order valence-corrected chi connectivity index (χ3v) is 5.15. The Kier molecular flexibility index (Phi) is 3.98. The fourth-order valence-electron chi connectivity index (χ4n) is 3.91. The molecular weight excluding hydrogens is 300 g/mol. The maximum Gasteiger partial charge on any atom is 0.231 e. The smallest absolute Gasteiger partial charge is 0.231 e. The molecule has 0 unspecified atom stereocenters. The van der Waals surface area contributed by atoms with E-state index in [4.69, 9.17) is 4.74 Å². The molecule has 124 valence electrons. The predicted octanol–water partition coefficient (Wildman–Crippen LogP) is 2.79. The number of hydrogen-bond acceptors (Lipinski definition) is 3. The van der Waals surface area contributed by atoms with Gasteiger partial charge in [-0.1, -0.05) is 30.3 Å². The maximum atomic E-state index is 12.8. The number of nitrogens with zero attached hydrogens (tertiary/aromatic N) is 2. The number of fused-ring (bicyclic) bond motifs is 1. The van der Waals surface area contributed by atoms with E-state index in [9.17, 15) is 4.79 Å². The van der Waals surface area contributed by atoms with Crippen molar-refractivity contribution in [3.05, 3.63) is 60.2 Å². The lowest BCUT2D eigenvalue weighted by Gasteiger charge is -2.21. The lowest BCUT2D eigenvalue weighted by Crippen LogP contribution is -2.32. The van der Waals surface area contributed by atoms with Crippen molar-refractivity contribution in [3.63, 3.8) is 0 Å². The van der Waals surface area contributed by atoms with E-state index in [0.717, 1.165) is 37.6 Å². The van der Waals surface area contributed by atoms with Crippen LogP contribution in [-0.2, 0) is 11.3 Å². The van der Waals surface area contributed by atoms with Gasteiger partial charge in [0.25, 0.3) is 0 Å². The van der Waals surface area contributed by atoms with Gasteiger partial charge in [-0.25, -0.2) is 0 Å². The molecule has 2 atom stereocenters. The van der Waals surface area contributed by atoms with E-state index in [0.29, 0.717) is 5.92 Å². The molecule has 1 amide bonds. The highest BCUT2D eigenvalue weighted by molar-refractivity contribution is 5.98. The number of ether oxygens (including phenoxy) is 1. The molecule has 2 heterocycles. The van der Waals surface area contributed by atoms with Gasteiger partial charge in [0.15, 0.2) is 0 Å². The van der Waals surface area contributed by atoms with Crippen LogP contribution in [-0.4, -0.2) is 37.6 Å². The van der Waals surface area contributed by atoms with Gasteiger partial charge in [-0.2, -0.15) is 0 Å². The Balaban J connectivity index is 1.40. The Morgan fingerprint density at radius 1 is 1.00 bits per heavy atom. The second-order valence-corrected chi connectivity index (χ2v) is 6.69. The number of rotatable bonds is 4. The van der Waals surface area contributed by atoms with E-state index >= 15 is 0 Å². The molecule has 2 aliphatic heterocycles. The molecule has 2 fully saturated rings. The third kappa shape index (κ3) is 2.78. The first-order valence-electron chi connectivity index (χ1n) is 8.46. The molecule has 0 aromatic heterocycles. The van der Waals surface area contributed by atoms with Gasteiger partial charge >= 0.3 is 0 Å². The molecule has 24 heavy (non-hydrogen) atoms. The first-order valence-corrected chi connectivity index (χ1v) is 8.46. The average Bonchev–Trinajstić information content (AvgIpc) is 3.15. The van der Waals surface area contributed by atoms with E-state index in [-0.39, 0.29) is 11.8 Å². The van der Waals surface area contributed by atoms with Gasteiger partial charge in [-0.3, -0.25) is 9.69 Å². The van der Waals surface area contributed by atoms with Crippen LogP contribution >= 0.6 is 0 Å². The standard InChI is InChI=1S/C20H22N2O2/c1-24-18-9-7-15(8-10-18)11-21-12-16-13-22(20(23)19(16)14-21)17-5-3-2-4-6-17/h2-10,16,19H,11-14H2,1H3/t16-,19-/m1/s1. The van der Waals surface area contributed by atoms with Crippen LogP contribution < -0.4 is 9.64 Å². The van der Waals surface area contributed by atoms with Crippen molar-refractivity contribution in [2.45, 2.75) is 6.54 Å². The van der Waals surface area contributed by atoms with Crippen LogP contribution in [0.2, 0.25) is 0 Å². The molecule has 0 radical (unpaired) electrons. The summed E-state index contributed by atoms with van der Waals surface area (Å²) in [5, 5.41) is 0. The summed E-state index contributed by atoms with van der Waals surface area (Å²) in [4.78, 5) is 17.1. The van der Waals surface area contributed by atoms with Crippen molar-refractivity contribution in [2.75, 3.05) is 31.6 Å². The summed E-state index contributed by atoms with van der Waals surface area (Å²) >= 11 is 0. The molecule has 0 bridgehead atoms. The van der Waals surface area contributed by atoms with Crippen LogP contribution in [0.5, 0.6) is 5.75 Å². The lowest BCUT2D eigenvalue weighted by atomic mass is 10.0. The van der Waals surface area contributed by atoms with Gasteiger partial charge in [0, 0.05) is 37.8 Å². The van der Waals surface area contributed by atoms with Crippen LogP contribution in [0.15, 0.2) is 54.6 Å². The fourth-order valence-corrected chi connectivity index (χ4v) is 3.91. The summed E-state index contributed by atoms with van der Waals surface area (Å²) < 4.78 is 5.20. The molecule has 0 saturated carbocycles. The molecule has 4 heteroatoms. The number of methoxy groups -OCH3 is 1. The Labute approximate surface area is 142 Å². The summed E-state index contributed by atoms with van der Waals surface area (Å²) in [5.74, 6) is 1.74. The summed E-state index contributed by atoms with van der Waals surface area (Å²) in [5.41, 5.74) is 2.29. The zero-order valence-corrected chi connectivity index (χ0v) is 13.9. The molecular formula is C20H22N2O2. The van der Waals surface area contributed by atoms with E-state index in [1.807, 2.05) is 47.4 Å². The molecule has 2 aromatic carbocycles. The van der Waals surface area contributed by atoms with Crippen LogP contribution in [0.25, 0.3) is 0 Å². The van der Waals surface area contributed by atoms with Gasteiger partial charge in [-0.05, 0) is 29.8 Å². The Bertz CT molecular complexity index is 714. The number of anilines is 1. The number of benzene rings is 2. The van der Waals surface area contributed by atoms with Crippen LogP contribution in [0.3, 0.4) is 0 Å². The number of carbonyl (C=O) groups excluding carboxylic acids is 1. The predicted molar refractivity (Wildman–Crippen MR) is 94.0 cm³/mol. The lowest BCUT2D eigenvalue weighted by molar-refractivity contribution is -0.120. The average molecular weight is 322 g/mol. The highest BCUT2D eigenvalue weighted by Gasteiger charge is 2.46. The first-order chi connectivity index (χ1) is 11.7. The molecule has 4 rings (SSSR count). The van der Waals surface area contributed by atoms with Gasteiger partial charge in [0.05, 0.1) is 13.0 Å². The Morgan fingerprint density at radius 2 is 1.75 bits per heavy atom. The van der Waals surface area contributed by atoms with Gasteiger partial charge in [0.2, 0.25) is 5.91 Å². The summed E-state index contributed by atoms with van der Waals surface area (Å²) in [7, 11) is 1.68. The Hall–Kier alpha value is -2.33. The van der Waals surface area contributed by atoms with Crippen LogP contribution in [0, 0.1) is 11.8 Å². The van der Waals surface area contributed by atoms with Crippen molar-refractivity contribution < 1.29 is 9.53 Å². The minimum Gasteiger partial charge on any atom is -0.497 e. The number of hydrogen-bond donors (Lipinski definition) is 0. The van der Waals surface area contributed by atoms with Gasteiger partial charge < -0.3 is 9.64 Å². The minimum atomic E-state index is 0.142. The van der Waals surface area contributed by atoms with Crippen molar-refractivity contribution in [3.8, 4) is 5.75 Å². The van der Waals surface area contributed by atoms with Crippen LogP contribution in [0.4, 0.5) is 5.69 Å². The number of carbonyl (C=O) groups is 1. The third-order valence-electron chi connectivity index (χ3n) is 5.15. The molecule has 2 aromatic rings. The molecule has 4 nitrogen and oxygen atoms in total.